The maximum atomic E-state index is 12.2. The highest BCUT2D eigenvalue weighted by molar-refractivity contribution is 7.12. The van der Waals surface area contributed by atoms with Crippen LogP contribution < -0.4 is 10.2 Å². The molecule has 1 aromatic heterocycles. The minimum absolute atomic E-state index is 0.113. The van der Waals surface area contributed by atoms with Crippen molar-refractivity contribution in [3.63, 3.8) is 0 Å². The minimum Gasteiger partial charge on any atom is -0.369 e. The monoisotopic (exact) mass is 272 g/mol. The first-order valence-electron chi connectivity index (χ1n) is 6.48. The molecule has 1 fully saturated rings. The summed E-state index contributed by atoms with van der Waals surface area (Å²) in [6, 6.07) is 11.7. The number of thiophene rings is 1. The molecule has 1 aliphatic heterocycles. The van der Waals surface area contributed by atoms with Crippen LogP contribution in [0.25, 0.3) is 0 Å². The molecule has 1 aliphatic rings. The van der Waals surface area contributed by atoms with Crippen molar-refractivity contribution in [2.75, 3.05) is 31.1 Å². The zero-order valence-corrected chi connectivity index (χ0v) is 11.5. The summed E-state index contributed by atoms with van der Waals surface area (Å²) in [7, 11) is 0. The zero-order valence-electron chi connectivity index (χ0n) is 10.6. The van der Waals surface area contributed by atoms with E-state index in [2.05, 4.69) is 10.2 Å². The Morgan fingerprint density at radius 3 is 2.47 bits per heavy atom. The maximum Gasteiger partial charge on any atom is 0.202 e. The number of hydrogen-bond donors (Lipinski definition) is 1. The summed E-state index contributed by atoms with van der Waals surface area (Å²) in [5.74, 6) is 0.113. The lowest BCUT2D eigenvalue weighted by Crippen LogP contribution is -2.43. The molecular weight excluding hydrogens is 256 g/mol. The number of nitrogens with one attached hydrogen (secondary N) is 1. The highest BCUT2D eigenvalue weighted by Crippen LogP contribution is 2.19. The van der Waals surface area contributed by atoms with Crippen LogP contribution in [-0.2, 0) is 0 Å². The van der Waals surface area contributed by atoms with Crippen molar-refractivity contribution < 1.29 is 4.79 Å². The van der Waals surface area contributed by atoms with Gasteiger partial charge < -0.3 is 10.2 Å². The van der Waals surface area contributed by atoms with E-state index in [9.17, 15) is 4.79 Å². The van der Waals surface area contributed by atoms with Crippen molar-refractivity contribution >= 4 is 22.8 Å². The molecule has 0 amide bonds. The molecule has 4 heteroatoms. The molecule has 98 valence electrons. The van der Waals surface area contributed by atoms with Gasteiger partial charge in [0, 0.05) is 37.4 Å². The van der Waals surface area contributed by atoms with Crippen molar-refractivity contribution in [3.8, 4) is 0 Å². The summed E-state index contributed by atoms with van der Waals surface area (Å²) in [6.07, 6.45) is 0. The van der Waals surface area contributed by atoms with E-state index in [1.807, 2.05) is 41.8 Å². The van der Waals surface area contributed by atoms with Gasteiger partial charge in [-0.15, -0.1) is 11.3 Å². The molecule has 0 bridgehead atoms. The van der Waals surface area contributed by atoms with Gasteiger partial charge in [0.05, 0.1) is 4.88 Å². The van der Waals surface area contributed by atoms with Crippen LogP contribution in [0.2, 0.25) is 0 Å². The Morgan fingerprint density at radius 1 is 1.11 bits per heavy atom. The van der Waals surface area contributed by atoms with E-state index in [1.54, 1.807) is 0 Å². The van der Waals surface area contributed by atoms with Crippen LogP contribution in [0, 0.1) is 0 Å². The number of rotatable bonds is 3. The van der Waals surface area contributed by atoms with Crippen LogP contribution in [0.5, 0.6) is 0 Å². The summed E-state index contributed by atoms with van der Waals surface area (Å²) in [5, 5.41) is 5.27. The van der Waals surface area contributed by atoms with Crippen LogP contribution in [0.15, 0.2) is 41.8 Å². The molecule has 0 radical (unpaired) electrons. The number of carbonyl (C=O) groups is 1. The van der Waals surface area contributed by atoms with E-state index in [0.29, 0.717) is 0 Å². The fraction of sp³-hybridized carbons (Fsp3) is 0.267. The van der Waals surface area contributed by atoms with Gasteiger partial charge in [0.15, 0.2) is 0 Å². The quantitative estimate of drug-likeness (QED) is 0.871. The molecule has 2 heterocycles. The molecule has 0 spiro atoms. The van der Waals surface area contributed by atoms with E-state index >= 15 is 0 Å². The van der Waals surface area contributed by atoms with Crippen molar-refractivity contribution in [3.05, 3.63) is 52.2 Å². The molecule has 1 N–H and O–H groups in total. The van der Waals surface area contributed by atoms with Gasteiger partial charge in [0.1, 0.15) is 0 Å². The third kappa shape index (κ3) is 2.69. The van der Waals surface area contributed by atoms with Gasteiger partial charge >= 0.3 is 0 Å². The summed E-state index contributed by atoms with van der Waals surface area (Å²) >= 11 is 1.49. The molecule has 1 aromatic carbocycles. The Morgan fingerprint density at radius 2 is 1.84 bits per heavy atom. The van der Waals surface area contributed by atoms with E-state index in [1.165, 1.54) is 17.0 Å². The molecule has 0 saturated carbocycles. The first-order valence-corrected chi connectivity index (χ1v) is 7.36. The average Bonchev–Trinajstić information content (AvgIpc) is 3.02. The van der Waals surface area contributed by atoms with Crippen molar-refractivity contribution in [1.29, 1.82) is 0 Å². The molecule has 2 aromatic rings. The lowest BCUT2D eigenvalue weighted by Gasteiger charge is -2.29. The number of ketones is 1. The van der Waals surface area contributed by atoms with E-state index in [0.717, 1.165) is 36.6 Å². The molecule has 0 atom stereocenters. The van der Waals surface area contributed by atoms with Gasteiger partial charge in [0.2, 0.25) is 5.78 Å². The Hall–Kier alpha value is -1.65. The van der Waals surface area contributed by atoms with Gasteiger partial charge in [0.25, 0.3) is 0 Å². The third-order valence-corrected chi connectivity index (χ3v) is 4.23. The van der Waals surface area contributed by atoms with Crippen LogP contribution in [0.1, 0.15) is 15.2 Å². The number of benzene rings is 1. The second kappa shape index (κ2) is 5.55. The summed E-state index contributed by atoms with van der Waals surface area (Å²) in [6.45, 7) is 4.10. The normalized spacial score (nSPS) is 15.5. The SMILES string of the molecule is O=C(c1ccc(N2CCNCC2)cc1)c1cccs1. The molecule has 19 heavy (non-hydrogen) atoms. The van der Waals surface area contributed by atoms with Crippen molar-refractivity contribution in [2.24, 2.45) is 0 Å². The number of nitrogens with zero attached hydrogens (tertiary/aromatic N) is 1. The van der Waals surface area contributed by atoms with Gasteiger partial charge in [-0.05, 0) is 35.7 Å². The molecule has 3 nitrogen and oxygen atoms in total. The standard InChI is InChI=1S/C15H16N2OS/c18-15(14-2-1-11-19-14)12-3-5-13(6-4-12)17-9-7-16-8-10-17/h1-6,11,16H,7-10H2. The van der Waals surface area contributed by atoms with Gasteiger partial charge in [-0.1, -0.05) is 6.07 Å². The molecule has 3 rings (SSSR count). The van der Waals surface area contributed by atoms with Crippen molar-refractivity contribution in [1.82, 2.24) is 5.32 Å². The van der Waals surface area contributed by atoms with E-state index in [4.69, 9.17) is 0 Å². The van der Waals surface area contributed by atoms with Crippen LogP contribution in [0.4, 0.5) is 5.69 Å². The number of hydrogen-bond acceptors (Lipinski definition) is 4. The average molecular weight is 272 g/mol. The fourth-order valence-corrected chi connectivity index (χ4v) is 2.98. The third-order valence-electron chi connectivity index (χ3n) is 3.36. The first kappa shape index (κ1) is 12.4. The van der Waals surface area contributed by atoms with Gasteiger partial charge in [-0.25, -0.2) is 0 Å². The second-order valence-electron chi connectivity index (χ2n) is 4.59. The predicted molar refractivity (Wildman–Crippen MR) is 79.3 cm³/mol. The number of piperazine rings is 1. The number of carbonyl (C=O) groups excluding carboxylic acids is 1. The zero-order chi connectivity index (χ0) is 13.1. The smallest absolute Gasteiger partial charge is 0.202 e. The van der Waals surface area contributed by atoms with E-state index in [-0.39, 0.29) is 5.78 Å². The minimum atomic E-state index is 0.113. The summed E-state index contributed by atoms with van der Waals surface area (Å²) < 4.78 is 0. The first-order chi connectivity index (χ1) is 9.34. The predicted octanol–water partition coefficient (Wildman–Crippen LogP) is 2.39. The molecule has 0 unspecified atom stereocenters. The second-order valence-corrected chi connectivity index (χ2v) is 5.54. The van der Waals surface area contributed by atoms with Gasteiger partial charge in [-0.2, -0.15) is 0 Å². The lowest BCUT2D eigenvalue weighted by atomic mass is 10.1. The largest absolute Gasteiger partial charge is 0.369 e. The highest BCUT2D eigenvalue weighted by atomic mass is 32.1. The Balaban J connectivity index is 1.77. The molecule has 0 aliphatic carbocycles. The van der Waals surface area contributed by atoms with Crippen molar-refractivity contribution in [2.45, 2.75) is 0 Å². The van der Waals surface area contributed by atoms with Crippen LogP contribution in [-0.4, -0.2) is 32.0 Å². The van der Waals surface area contributed by atoms with Crippen LogP contribution in [0.3, 0.4) is 0 Å². The Labute approximate surface area is 116 Å². The van der Waals surface area contributed by atoms with Crippen LogP contribution >= 0.6 is 11.3 Å². The molecule has 1 saturated heterocycles. The maximum absolute atomic E-state index is 12.2. The number of anilines is 1. The lowest BCUT2D eigenvalue weighted by molar-refractivity contribution is 0.104. The molecular formula is C15H16N2OS. The van der Waals surface area contributed by atoms with E-state index < -0.39 is 0 Å². The summed E-state index contributed by atoms with van der Waals surface area (Å²) in [5.41, 5.74) is 1.96. The Bertz CT molecular complexity index is 542. The Kier molecular flexibility index (Phi) is 3.62. The topological polar surface area (TPSA) is 32.3 Å². The van der Waals surface area contributed by atoms with Gasteiger partial charge in [-0.3, -0.25) is 4.79 Å². The summed E-state index contributed by atoms with van der Waals surface area (Å²) in [4.78, 5) is 15.3. The fourth-order valence-electron chi connectivity index (χ4n) is 2.30. The highest BCUT2D eigenvalue weighted by Gasteiger charge is 2.13.